The number of thioether (sulfide) groups is 1. The summed E-state index contributed by atoms with van der Waals surface area (Å²) < 4.78 is 5.36. The van der Waals surface area contributed by atoms with Crippen molar-refractivity contribution in [1.82, 2.24) is 10.3 Å². The number of halogens is 2. The van der Waals surface area contributed by atoms with Crippen molar-refractivity contribution < 1.29 is 9.53 Å². The van der Waals surface area contributed by atoms with Crippen LogP contribution in [0.1, 0.15) is 12.0 Å². The molecule has 1 aromatic carbocycles. The number of ether oxygens (including phenoxy) is 1. The summed E-state index contributed by atoms with van der Waals surface area (Å²) in [5.74, 6) is 0.890. The molecule has 0 aliphatic carbocycles. The summed E-state index contributed by atoms with van der Waals surface area (Å²) in [6, 6.07) is 12.0. The van der Waals surface area contributed by atoms with Crippen molar-refractivity contribution >= 4 is 48.2 Å². The Morgan fingerprint density at radius 2 is 2.08 bits per heavy atom. The summed E-state index contributed by atoms with van der Waals surface area (Å²) in [5.41, 5.74) is 2.02. The molecule has 5 nitrogen and oxygen atoms in total. The van der Waals surface area contributed by atoms with E-state index in [2.05, 4.69) is 21.7 Å². The van der Waals surface area contributed by atoms with E-state index in [1.54, 1.807) is 18.0 Å². The zero-order chi connectivity index (χ0) is 16.6. The maximum Gasteiger partial charge on any atom is 0.226 e. The van der Waals surface area contributed by atoms with E-state index in [0.717, 1.165) is 24.6 Å². The predicted molar refractivity (Wildman–Crippen MR) is 111 cm³/mol. The van der Waals surface area contributed by atoms with Crippen LogP contribution in [0.4, 0.5) is 5.69 Å². The van der Waals surface area contributed by atoms with Gasteiger partial charge in [-0.15, -0.1) is 36.6 Å². The Hall–Kier alpha value is -1.31. The second-order valence-electron chi connectivity index (χ2n) is 5.65. The summed E-state index contributed by atoms with van der Waals surface area (Å²) in [4.78, 5) is 17.3. The number of pyridine rings is 1. The normalized spacial score (nSPS) is 16.1. The lowest BCUT2D eigenvalue weighted by Gasteiger charge is -2.23. The monoisotopic (exact) mass is 415 g/mol. The molecular weight excluding hydrogens is 393 g/mol. The molecule has 1 unspecified atom stereocenters. The standard InChI is InChI=1S/C18H21N3O2S.2ClH/c22-18(10-16-12-23-9-8-20-16)21-15-3-5-17(6-4-15)24-13-14-2-1-7-19-11-14;;/h1-7,11,16,20H,8-10,12-13H2,(H,21,22);2*1H. The van der Waals surface area contributed by atoms with Crippen molar-refractivity contribution in [3.63, 3.8) is 0 Å². The van der Waals surface area contributed by atoms with E-state index in [-0.39, 0.29) is 36.8 Å². The second kappa shape index (κ2) is 12.1. The maximum absolute atomic E-state index is 12.1. The molecule has 1 aromatic heterocycles. The van der Waals surface area contributed by atoms with Crippen LogP contribution in [0, 0.1) is 0 Å². The maximum atomic E-state index is 12.1. The zero-order valence-corrected chi connectivity index (χ0v) is 16.7. The van der Waals surface area contributed by atoms with Crippen molar-refractivity contribution in [3.05, 3.63) is 54.4 Å². The molecule has 8 heteroatoms. The molecule has 3 rings (SSSR count). The highest BCUT2D eigenvalue weighted by molar-refractivity contribution is 7.98. The first-order valence-electron chi connectivity index (χ1n) is 8.02. The Morgan fingerprint density at radius 3 is 2.73 bits per heavy atom. The van der Waals surface area contributed by atoms with Gasteiger partial charge in [-0.1, -0.05) is 6.07 Å². The fourth-order valence-electron chi connectivity index (χ4n) is 2.47. The molecule has 1 aliphatic heterocycles. The fraction of sp³-hybridized carbons (Fsp3) is 0.333. The molecule has 1 amide bonds. The van der Waals surface area contributed by atoms with Crippen molar-refractivity contribution in [2.75, 3.05) is 25.1 Å². The smallest absolute Gasteiger partial charge is 0.226 e. The van der Waals surface area contributed by atoms with Crippen molar-refractivity contribution in [3.8, 4) is 0 Å². The van der Waals surface area contributed by atoms with Crippen molar-refractivity contribution in [1.29, 1.82) is 0 Å². The van der Waals surface area contributed by atoms with Crippen LogP contribution in [0.3, 0.4) is 0 Å². The van der Waals surface area contributed by atoms with Crippen LogP contribution in [-0.2, 0) is 15.3 Å². The lowest BCUT2D eigenvalue weighted by Crippen LogP contribution is -2.43. The summed E-state index contributed by atoms with van der Waals surface area (Å²) in [7, 11) is 0. The topological polar surface area (TPSA) is 63.2 Å². The SMILES string of the molecule is Cl.Cl.O=C(CC1COCCN1)Nc1ccc(SCc2cccnc2)cc1. The minimum absolute atomic E-state index is 0. The highest BCUT2D eigenvalue weighted by Gasteiger charge is 2.16. The molecule has 1 saturated heterocycles. The third kappa shape index (κ3) is 7.51. The predicted octanol–water partition coefficient (Wildman–Crippen LogP) is 3.53. The Balaban J connectivity index is 0.00000169. The second-order valence-corrected chi connectivity index (χ2v) is 6.70. The van der Waals surface area contributed by atoms with Gasteiger partial charge in [-0.25, -0.2) is 0 Å². The average molecular weight is 416 g/mol. The summed E-state index contributed by atoms with van der Waals surface area (Å²) in [6.45, 7) is 2.12. The molecule has 0 spiro atoms. The van der Waals surface area contributed by atoms with Gasteiger partial charge in [0.1, 0.15) is 0 Å². The van der Waals surface area contributed by atoms with Gasteiger partial charge in [-0.05, 0) is 35.9 Å². The van der Waals surface area contributed by atoms with E-state index in [4.69, 9.17) is 4.74 Å². The molecule has 2 aromatic rings. The van der Waals surface area contributed by atoms with Crippen molar-refractivity contribution in [2.45, 2.75) is 23.1 Å². The summed E-state index contributed by atoms with van der Waals surface area (Å²) >= 11 is 1.75. The van der Waals surface area contributed by atoms with Crippen LogP contribution in [0.5, 0.6) is 0 Å². The lowest BCUT2D eigenvalue weighted by atomic mass is 10.2. The Morgan fingerprint density at radius 1 is 1.27 bits per heavy atom. The van der Waals surface area contributed by atoms with E-state index < -0.39 is 0 Å². The number of hydrogen-bond acceptors (Lipinski definition) is 5. The molecule has 26 heavy (non-hydrogen) atoms. The summed E-state index contributed by atoms with van der Waals surface area (Å²) in [6.07, 6.45) is 4.09. The molecule has 1 aliphatic rings. The first kappa shape index (κ1) is 22.7. The van der Waals surface area contributed by atoms with E-state index >= 15 is 0 Å². The van der Waals surface area contributed by atoms with E-state index in [9.17, 15) is 4.79 Å². The highest BCUT2D eigenvalue weighted by atomic mass is 35.5. The number of carbonyl (C=O) groups is 1. The van der Waals surface area contributed by atoms with E-state index in [0.29, 0.717) is 13.0 Å². The molecule has 1 atom stereocenters. The number of amides is 1. The van der Waals surface area contributed by atoms with E-state index in [1.807, 2.05) is 36.5 Å². The number of rotatable bonds is 6. The third-order valence-electron chi connectivity index (χ3n) is 3.70. The zero-order valence-electron chi connectivity index (χ0n) is 14.2. The van der Waals surface area contributed by atoms with Gasteiger partial charge in [0.05, 0.1) is 13.2 Å². The average Bonchev–Trinajstić information content (AvgIpc) is 2.63. The fourth-order valence-corrected chi connectivity index (χ4v) is 3.30. The number of nitrogens with one attached hydrogen (secondary N) is 2. The first-order valence-corrected chi connectivity index (χ1v) is 9.01. The largest absolute Gasteiger partial charge is 0.378 e. The van der Waals surface area contributed by atoms with Gasteiger partial charge < -0.3 is 15.4 Å². The summed E-state index contributed by atoms with van der Waals surface area (Å²) in [5, 5.41) is 6.22. The molecule has 2 N–H and O–H groups in total. The molecule has 142 valence electrons. The van der Waals surface area contributed by atoms with Crippen LogP contribution in [-0.4, -0.2) is 36.7 Å². The molecule has 1 fully saturated rings. The van der Waals surface area contributed by atoms with Gasteiger partial charge in [-0.2, -0.15) is 0 Å². The third-order valence-corrected chi connectivity index (χ3v) is 4.78. The molecule has 0 radical (unpaired) electrons. The highest BCUT2D eigenvalue weighted by Crippen LogP contribution is 2.24. The van der Waals surface area contributed by atoms with Crippen LogP contribution >= 0.6 is 36.6 Å². The van der Waals surface area contributed by atoms with Gasteiger partial charge in [-0.3, -0.25) is 9.78 Å². The number of anilines is 1. The van der Waals surface area contributed by atoms with Crippen LogP contribution < -0.4 is 10.6 Å². The van der Waals surface area contributed by atoms with Gasteiger partial charge >= 0.3 is 0 Å². The Labute approximate surface area is 170 Å². The minimum Gasteiger partial charge on any atom is -0.378 e. The number of hydrogen-bond donors (Lipinski definition) is 2. The molecule has 0 bridgehead atoms. The van der Waals surface area contributed by atoms with Gasteiger partial charge in [0.25, 0.3) is 0 Å². The number of nitrogens with zero attached hydrogens (tertiary/aromatic N) is 1. The van der Waals surface area contributed by atoms with E-state index in [1.165, 1.54) is 10.5 Å². The number of aromatic nitrogens is 1. The Kier molecular flexibility index (Phi) is 10.6. The quantitative estimate of drug-likeness (QED) is 0.706. The van der Waals surface area contributed by atoms with Crippen LogP contribution in [0.15, 0.2) is 53.7 Å². The van der Waals surface area contributed by atoms with Gasteiger partial charge in [0, 0.05) is 47.7 Å². The molecular formula is C18H23Cl2N3O2S. The number of morpholine rings is 1. The minimum atomic E-state index is 0. The van der Waals surface area contributed by atoms with Crippen molar-refractivity contribution in [2.24, 2.45) is 0 Å². The first-order chi connectivity index (χ1) is 11.8. The van der Waals surface area contributed by atoms with Gasteiger partial charge in [0.2, 0.25) is 5.91 Å². The van der Waals surface area contributed by atoms with Gasteiger partial charge in [0.15, 0.2) is 0 Å². The number of carbonyl (C=O) groups excluding carboxylic acids is 1. The Bertz CT molecular complexity index is 653. The molecule has 0 saturated carbocycles. The van der Waals surface area contributed by atoms with Crippen LogP contribution in [0.25, 0.3) is 0 Å². The lowest BCUT2D eigenvalue weighted by molar-refractivity contribution is -0.117. The van der Waals surface area contributed by atoms with Crippen LogP contribution in [0.2, 0.25) is 0 Å². The molecule has 2 heterocycles. The number of benzene rings is 1.